The van der Waals surface area contributed by atoms with E-state index in [9.17, 15) is 5.11 Å². The Labute approximate surface area is 101 Å². The summed E-state index contributed by atoms with van der Waals surface area (Å²) >= 11 is 0. The summed E-state index contributed by atoms with van der Waals surface area (Å²) in [6.45, 7) is 9.47. The minimum absolute atomic E-state index is 0.274. The van der Waals surface area contributed by atoms with Crippen molar-refractivity contribution < 1.29 is 5.11 Å². The minimum Gasteiger partial charge on any atom is -0.395 e. The standard InChI is InChI=1S/C14H29NO/c1-5-12(10-16)15-13-8-6-11(7-9-13)14(2,3)4/h11-13,15-16H,5-10H2,1-4H3/t11?,12-,13?/m1/s1. The van der Waals surface area contributed by atoms with Crippen molar-refractivity contribution in [3.63, 3.8) is 0 Å². The number of rotatable bonds is 4. The second kappa shape index (κ2) is 6.02. The third-order valence-corrected chi connectivity index (χ3v) is 4.14. The molecule has 1 rings (SSSR count). The normalized spacial score (nSPS) is 29.1. The number of hydrogen-bond donors (Lipinski definition) is 2. The molecule has 1 atom stereocenters. The Morgan fingerprint density at radius 3 is 2.12 bits per heavy atom. The van der Waals surface area contributed by atoms with Gasteiger partial charge in [0.2, 0.25) is 0 Å². The molecule has 0 saturated heterocycles. The molecule has 16 heavy (non-hydrogen) atoms. The van der Waals surface area contributed by atoms with Gasteiger partial charge >= 0.3 is 0 Å². The minimum atomic E-state index is 0.274. The Hall–Kier alpha value is -0.0800. The van der Waals surface area contributed by atoms with Crippen molar-refractivity contribution >= 4 is 0 Å². The molecule has 0 aromatic heterocycles. The lowest BCUT2D eigenvalue weighted by molar-refractivity contribution is 0.146. The summed E-state index contributed by atoms with van der Waals surface area (Å²) in [7, 11) is 0. The maximum absolute atomic E-state index is 9.18. The highest BCUT2D eigenvalue weighted by molar-refractivity contribution is 4.84. The molecule has 2 heteroatoms. The topological polar surface area (TPSA) is 32.3 Å². The Kier molecular flexibility index (Phi) is 5.26. The Bertz CT molecular complexity index is 185. The largest absolute Gasteiger partial charge is 0.395 e. The zero-order valence-corrected chi connectivity index (χ0v) is 11.4. The molecule has 0 radical (unpaired) electrons. The summed E-state index contributed by atoms with van der Waals surface area (Å²) in [6, 6.07) is 0.937. The molecule has 1 aliphatic rings. The molecule has 0 aliphatic heterocycles. The van der Waals surface area contributed by atoms with E-state index in [1.165, 1.54) is 25.7 Å². The summed E-state index contributed by atoms with van der Waals surface area (Å²) in [5.41, 5.74) is 0.464. The van der Waals surface area contributed by atoms with Crippen LogP contribution in [0.1, 0.15) is 59.8 Å². The van der Waals surface area contributed by atoms with Gasteiger partial charge in [0.15, 0.2) is 0 Å². The van der Waals surface area contributed by atoms with Crippen molar-refractivity contribution in [2.24, 2.45) is 11.3 Å². The second-order valence-electron chi connectivity index (χ2n) is 6.37. The van der Waals surface area contributed by atoms with Gasteiger partial charge < -0.3 is 10.4 Å². The van der Waals surface area contributed by atoms with E-state index in [0.29, 0.717) is 17.5 Å². The molecule has 0 heterocycles. The van der Waals surface area contributed by atoms with Crippen LogP contribution in [-0.2, 0) is 0 Å². The average Bonchev–Trinajstić information content (AvgIpc) is 2.25. The monoisotopic (exact) mass is 227 g/mol. The van der Waals surface area contributed by atoms with Crippen molar-refractivity contribution in [3.05, 3.63) is 0 Å². The van der Waals surface area contributed by atoms with Gasteiger partial charge in [0.05, 0.1) is 6.61 Å². The van der Waals surface area contributed by atoms with Crippen molar-refractivity contribution in [2.75, 3.05) is 6.61 Å². The molecule has 0 bridgehead atoms. The van der Waals surface area contributed by atoms with Gasteiger partial charge in [0, 0.05) is 12.1 Å². The van der Waals surface area contributed by atoms with Crippen LogP contribution in [0.5, 0.6) is 0 Å². The molecular formula is C14H29NO. The van der Waals surface area contributed by atoms with Crippen LogP contribution < -0.4 is 5.32 Å². The highest BCUT2D eigenvalue weighted by Gasteiger charge is 2.29. The van der Waals surface area contributed by atoms with Crippen molar-refractivity contribution in [1.82, 2.24) is 5.32 Å². The summed E-state index contributed by atoms with van der Waals surface area (Å²) < 4.78 is 0. The van der Waals surface area contributed by atoms with Gasteiger partial charge in [-0.3, -0.25) is 0 Å². The van der Waals surface area contributed by atoms with Crippen LogP contribution in [0.15, 0.2) is 0 Å². The van der Waals surface area contributed by atoms with Crippen LogP contribution >= 0.6 is 0 Å². The first-order valence-electron chi connectivity index (χ1n) is 6.84. The maximum Gasteiger partial charge on any atom is 0.0584 e. The van der Waals surface area contributed by atoms with Crippen LogP contribution in [0.4, 0.5) is 0 Å². The summed E-state index contributed by atoms with van der Waals surface area (Å²) in [6.07, 6.45) is 6.25. The molecule has 0 unspecified atom stereocenters. The Balaban J connectivity index is 2.32. The molecule has 1 fully saturated rings. The molecule has 0 aromatic rings. The zero-order chi connectivity index (χ0) is 12.2. The molecule has 96 valence electrons. The van der Waals surface area contributed by atoms with Crippen molar-refractivity contribution in [2.45, 2.75) is 71.9 Å². The van der Waals surface area contributed by atoms with Gasteiger partial charge in [-0.05, 0) is 43.4 Å². The predicted molar refractivity (Wildman–Crippen MR) is 69.5 cm³/mol. The molecule has 0 spiro atoms. The Morgan fingerprint density at radius 1 is 1.19 bits per heavy atom. The van der Waals surface area contributed by atoms with E-state index >= 15 is 0 Å². The highest BCUT2D eigenvalue weighted by Crippen LogP contribution is 2.37. The summed E-state index contributed by atoms with van der Waals surface area (Å²) in [5.74, 6) is 0.875. The Morgan fingerprint density at radius 2 is 1.75 bits per heavy atom. The fraction of sp³-hybridized carbons (Fsp3) is 1.00. The van der Waals surface area contributed by atoms with Crippen LogP contribution in [0.2, 0.25) is 0 Å². The highest BCUT2D eigenvalue weighted by atomic mass is 16.3. The van der Waals surface area contributed by atoms with E-state index in [1.54, 1.807) is 0 Å². The first kappa shape index (κ1) is 14.0. The molecule has 0 amide bonds. The fourth-order valence-electron chi connectivity index (χ4n) is 2.76. The second-order valence-corrected chi connectivity index (χ2v) is 6.37. The van der Waals surface area contributed by atoms with E-state index in [1.807, 2.05) is 0 Å². The fourth-order valence-corrected chi connectivity index (χ4v) is 2.76. The van der Waals surface area contributed by atoms with Crippen LogP contribution in [0.3, 0.4) is 0 Å². The smallest absolute Gasteiger partial charge is 0.0584 e. The van der Waals surface area contributed by atoms with Crippen LogP contribution in [0, 0.1) is 11.3 Å². The molecular weight excluding hydrogens is 198 g/mol. The number of aliphatic hydroxyl groups excluding tert-OH is 1. The molecule has 0 aromatic carbocycles. The van der Waals surface area contributed by atoms with E-state index in [4.69, 9.17) is 0 Å². The molecule has 2 nitrogen and oxygen atoms in total. The van der Waals surface area contributed by atoms with Crippen molar-refractivity contribution in [3.8, 4) is 0 Å². The number of nitrogens with one attached hydrogen (secondary N) is 1. The van der Waals surface area contributed by atoms with E-state index in [0.717, 1.165) is 12.3 Å². The maximum atomic E-state index is 9.18. The van der Waals surface area contributed by atoms with Gasteiger partial charge in [-0.1, -0.05) is 27.7 Å². The predicted octanol–water partition coefficient (Wildman–Crippen LogP) is 2.95. The summed E-state index contributed by atoms with van der Waals surface area (Å²) in [5, 5.41) is 12.8. The molecule has 1 saturated carbocycles. The van der Waals surface area contributed by atoms with Crippen LogP contribution in [-0.4, -0.2) is 23.8 Å². The van der Waals surface area contributed by atoms with E-state index in [2.05, 4.69) is 33.0 Å². The van der Waals surface area contributed by atoms with Gasteiger partial charge in [-0.2, -0.15) is 0 Å². The third kappa shape index (κ3) is 4.06. The third-order valence-electron chi connectivity index (χ3n) is 4.14. The lowest BCUT2D eigenvalue weighted by Crippen LogP contribution is -2.43. The van der Waals surface area contributed by atoms with Gasteiger partial charge in [0.25, 0.3) is 0 Å². The first-order chi connectivity index (χ1) is 7.47. The average molecular weight is 227 g/mol. The lowest BCUT2D eigenvalue weighted by Gasteiger charge is -2.38. The quantitative estimate of drug-likeness (QED) is 0.774. The molecule has 2 N–H and O–H groups in total. The van der Waals surface area contributed by atoms with E-state index in [-0.39, 0.29) is 6.61 Å². The number of aliphatic hydroxyl groups is 1. The lowest BCUT2D eigenvalue weighted by atomic mass is 9.71. The SMILES string of the molecule is CC[C@H](CO)NC1CCC(C(C)(C)C)CC1. The number of hydrogen-bond acceptors (Lipinski definition) is 2. The van der Waals surface area contributed by atoms with E-state index < -0.39 is 0 Å². The zero-order valence-electron chi connectivity index (χ0n) is 11.4. The van der Waals surface area contributed by atoms with Gasteiger partial charge in [-0.15, -0.1) is 0 Å². The van der Waals surface area contributed by atoms with Gasteiger partial charge in [-0.25, -0.2) is 0 Å². The first-order valence-corrected chi connectivity index (χ1v) is 6.84. The summed E-state index contributed by atoms with van der Waals surface area (Å²) in [4.78, 5) is 0. The van der Waals surface area contributed by atoms with Crippen molar-refractivity contribution in [1.29, 1.82) is 0 Å². The van der Waals surface area contributed by atoms with Gasteiger partial charge in [0.1, 0.15) is 0 Å². The molecule has 1 aliphatic carbocycles. The van der Waals surface area contributed by atoms with Crippen LogP contribution in [0.25, 0.3) is 0 Å².